The first-order chi connectivity index (χ1) is 11.7. The lowest BCUT2D eigenvalue weighted by Gasteiger charge is -2.10. The van der Waals surface area contributed by atoms with E-state index in [4.69, 9.17) is 5.26 Å². The molecule has 132 valence electrons. The van der Waals surface area contributed by atoms with Crippen molar-refractivity contribution in [3.8, 4) is 6.07 Å². The van der Waals surface area contributed by atoms with Crippen LogP contribution < -0.4 is 0 Å². The third-order valence-corrected chi connectivity index (χ3v) is 6.44. The van der Waals surface area contributed by atoms with Crippen molar-refractivity contribution in [2.45, 2.75) is 17.0 Å². The van der Waals surface area contributed by atoms with Gasteiger partial charge in [0.1, 0.15) is 0 Å². The maximum absolute atomic E-state index is 12.7. The molecule has 0 saturated carbocycles. The minimum Gasteiger partial charge on any atom is -0.192 e. The van der Waals surface area contributed by atoms with Crippen LogP contribution in [0.4, 0.5) is 13.2 Å². The van der Waals surface area contributed by atoms with Gasteiger partial charge in [-0.25, -0.2) is 0 Å². The predicted molar refractivity (Wildman–Crippen MR) is 88.4 cm³/mol. The van der Waals surface area contributed by atoms with Gasteiger partial charge in [0.05, 0.1) is 11.6 Å². The second-order valence-corrected chi connectivity index (χ2v) is 8.32. The maximum Gasteiger partial charge on any atom is 0.527 e. The Morgan fingerprint density at radius 3 is 2.20 bits per heavy atom. The Morgan fingerprint density at radius 1 is 1.00 bits per heavy atom. The van der Waals surface area contributed by atoms with Crippen molar-refractivity contribution in [3.05, 3.63) is 71.3 Å². The highest BCUT2D eigenvalue weighted by atomic mass is 32.3. The molecule has 1 atom stereocenters. The van der Waals surface area contributed by atoms with Crippen LogP contribution in [-0.4, -0.2) is 13.9 Å². The van der Waals surface area contributed by atoms with Gasteiger partial charge in [-0.15, -0.1) is 0 Å². The van der Waals surface area contributed by atoms with E-state index in [1.54, 1.807) is 48.5 Å². The van der Waals surface area contributed by atoms with Crippen LogP contribution in [0.25, 0.3) is 0 Å². The van der Waals surface area contributed by atoms with E-state index in [9.17, 15) is 21.6 Å². The minimum atomic E-state index is -5.73. The molecule has 1 unspecified atom stereocenters. The molecule has 0 N–H and O–H groups in total. The normalized spacial score (nSPS) is 13.2. The van der Waals surface area contributed by atoms with Gasteiger partial charge in [0.2, 0.25) is 0 Å². The standard InChI is InChI=1S/C16H13F3NO3S2/c17-16(18,19)25(21,22)23-24(11-13-6-2-1-3-7-13)12-15-9-5-4-8-14(15)10-20/h1-9H,11-12H2/q+1. The summed E-state index contributed by atoms with van der Waals surface area (Å²) in [5.74, 6) is -0.135. The van der Waals surface area contributed by atoms with Crippen LogP contribution in [0.15, 0.2) is 54.6 Å². The molecular weight excluding hydrogens is 375 g/mol. The lowest BCUT2D eigenvalue weighted by atomic mass is 10.1. The average Bonchev–Trinajstić information content (AvgIpc) is 2.55. The van der Waals surface area contributed by atoms with Crippen LogP contribution in [0.5, 0.6) is 0 Å². The average molecular weight is 388 g/mol. The fourth-order valence-electron chi connectivity index (χ4n) is 1.95. The number of alkyl halides is 3. The number of rotatable bonds is 6. The molecule has 0 fully saturated rings. The van der Waals surface area contributed by atoms with E-state index in [0.29, 0.717) is 11.1 Å². The molecular formula is C16H13F3NO3S2+. The molecule has 2 rings (SSSR count). The Bertz CT molecular complexity index is 862. The number of hydrogen-bond donors (Lipinski definition) is 0. The third kappa shape index (κ3) is 5.22. The van der Waals surface area contributed by atoms with Gasteiger partial charge in [-0.05, 0) is 9.70 Å². The summed E-state index contributed by atoms with van der Waals surface area (Å²) in [7, 11) is -5.73. The summed E-state index contributed by atoms with van der Waals surface area (Å²) in [4.78, 5) is 0. The molecule has 25 heavy (non-hydrogen) atoms. The van der Waals surface area contributed by atoms with Crippen molar-refractivity contribution in [1.82, 2.24) is 0 Å². The summed E-state index contributed by atoms with van der Waals surface area (Å²) < 4.78 is 65.2. The largest absolute Gasteiger partial charge is 0.527 e. The zero-order valence-corrected chi connectivity index (χ0v) is 14.4. The van der Waals surface area contributed by atoms with Crippen LogP contribution in [-0.2, 0) is 36.4 Å². The maximum atomic E-state index is 12.7. The molecule has 0 aliphatic carbocycles. The highest BCUT2D eigenvalue weighted by Gasteiger charge is 2.52. The minimum absolute atomic E-state index is 0.0179. The van der Waals surface area contributed by atoms with Crippen LogP contribution in [0.2, 0.25) is 0 Å². The van der Waals surface area contributed by atoms with Gasteiger partial charge in [0, 0.05) is 11.1 Å². The van der Waals surface area contributed by atoms with Gasteiger partial charge >= 0.3 is 15.6 Å². The van der Waals surface area contributed by atoms with Gasteiger partial charge < -0.3 is 0 Å². The summed E-state index contributed by atoms with van der Waals surface area (Å²) in [5, 5.41) is 9.10. The Kier molecular flexibility index (Phi) is 6.11. The van der Waals surface area contributed by atoms with Crippen molar-refractivity contribution in [1.29, 1.82) is 5.26 Å². The fraction of sp³-hybridized carbons (Fsp3) is 0.188. The first kappa shape index (κ1) is 19.3. The van der Waals surface area contributed by atoms with Crippen molar-refractivity contribution in [3.63, 3.8) is 0 Å². The highest BCUT2D eigenvalue weighted by Crippen LogP contribution is 2.29. The smallest absolute Gasteiger partial charge is 0.192 e. The van der Waals surface area contributed by atoms with E-state index < -0.39 is 26.8 Å². The second-order valence-electron chi connectivity index (χ2n) is 4.95. The van der Waals surface area contributed by atoms with Crippen molar-refractivity contribution >= 4 is 21.3 Å². The van der Waals surface area contributed by atoms with Crippen LogP contribution >= 0.6 is 0 Å². The lowest BCUT2D eigenvalue weighted by molar-refractivity contribution is -0.0495. The first-order valence-electron chi connectivity index (χ1n) is 6.93. The van der Waals surface area contributed by atoms with Crippen molar-refractivity contribution in [2.24, 2.45) is 0 Å². The van der Waals surface area contributed by atoms with E-state index >= 15 is 0 Å². The SMILES string of the molecule is N#Cc1ccccc1C[S+](Cc1ccccc1)OS(=O)(=O)C(F)(F)F. The zero-order valence-electron chi connectivity index (χ0n) is 12.7. The Labute approximate surface area is 146 Å². The van der Waals surface area contributed by atoms with E-state index in [-0.39, 0.29) is 17.1 Å². The van der Waals surface area contributed by atoms with E-state index in [2.05, 4.69) is 3.63 Å². The highest BCUT2D eigenvalue weighted by molar-refractivity contribution is 8.02. The number of hydrogen-bond acceptors (Lipinski definition) is 4. The molecule has 4 nitrogen and oxygen atoms in total. The topological polar surface area (TPSA) is 67.2 Å². The molecule has 2 aromatic rings. The summed E-state index contributed by atoms with van der Waals surface area (Å²) in [6.07, 6.45) is 0. The van der Waals surface area contributed by atoms with Crippen LogP contribution in [0.3, 0.4) is 0 Å². The van der Waals surface area contributed by atoms with Gasteiger partial charge in [0.25, 0.3) is 0 Å². The molecule has 0 aromatic heterocycles. The quantitative estimate of drug-likeness (QED) is 0.560. The van der Waals surface area contributed by atoms with Gasteiger partial charge in [-0.1, -0.05) is 48.5 Å². The Morgan fingerprint density at radius 2 is 1.60 bits per heavy atom. The monoisotopic (exact) mass is 388 g/mol. The van der Waals surface area contributed by atoms with Crippen molar-refractivity contribution in [2.75, 3.05) is 0 Å². The molecule has 0 spiro atoms. The van der Waals surface area contributed by atoms with Gasteiger partial charge in [-0.2, -0.15) is 26.9 Å². The zero-order chi connectivity index (χ0) is 18.5. The van der Waals surface area contributed by atoms with E-state index in [1.807, 2.05) is 6.07 Å². The summed E-state index contributed by atoms with van der Waals surface area (Å²) in [5.41, 5.74) is -4.16. The lowest BCUT2D eigenvalue weighted by Crippen LogP contribution is -2.29. The van der Waals surface area contributed by atoms with Crippen LogP contribution in [0.1, 0.15) is 16.7 Å². The fourth-order valence-corrected chi connectivity index (χ4v) is 4.93. The molecule has 0 aliphatic rings. The molecule has 0 bridgehead atoms. The Balaban J connectivity index is 2.31. The number of halogens is 3. The molecule has 2 aromatic carbocycles. The van der Waals surface area contributed by atoms with Gasteiger partial charge in [0.15, 0.2) is 22.7 Å². The number of nitrogens with zero attached hydrogens (tertiary/aromatic N) is 1. The molecule has 0 amide bonds. The Hall–Kier alpha value is -2.02. The summed E-state index contributed by atoms with van der Waals surface area (Å²) in [6.45, 7) is 0. The second kappa shape index (κ2) is 7.91. The van der Waals surface area contributed by atoms with Crippen molar-refractivity contribution < 1.29 is 25.2 Å². The summed E-state index contributed by atoms with van der Waals surface area (Å²) >= 11 is -1.61. The first-order valence-corrected chi connectivity index (χ1v) is 9.83. The predicted octanol–water partition coefficient (Wildman–Crippen LogP) is 3.66. The third-order valence-electron chi connectivity index (χ3n) is 3.09. The molecule has 0 heterocycles. The van der Waals surface area contributed by atoms with E-state index in [0.717, 1.165) is 0 Å². The summed E-state index contributed by atoms with van der Waals surface area (Å²) in [6, 6.07) is 16.7. The van der Waals surface area contributed by atoms with Crippen LogP contribution in [0, 0.1) is 11.3 Å². The molecule has 0 saturated heterocycles. The van der Waals surface area contributed by atoms with Gasteiger partial charge in [-0.3, -0.25) is 0 Å². The number of nitriles is 1. The molecule has 0 aliphatic heterocycles. The molecule has 9 heteroatoms. The molecule has 0 radical (unpaired) electrons. The van der Waals surface area contributed by atoms with E-state index in [1.165, 1.54) is 6.07 Å². The number of benzene rings is 2.